The molecular formula is C17H20N2O3S. The second-order valence-corrected chi connectivity index (χ2v) is 8.13. The fourth-order valence-corrected chi connectivity index (χ4v) is 4.48. The Bertz CT molecular complexity index is 784. The number of rotatable bonds is 4. The summed E-state index contributed by atoms with van der Waals surface area (Å²) < 4.78 is 19.6. The normalized spacial score (nSPS) is 24.7. The van der Waals surface area contributed by atoms with Crippen LogP contribution >= 0.6 is 0 Å². The maximum absolute atomic E-state index is 11.7. The first-order valence-corrected chi connectivity index (χ1v) is 9.65. The number of ketones is 1. The predicted molar refractivity (Wildman–Crippen MR) is 88.7 cm³/mol. The first kappa shape index (κ1) is 14.9. The smallest absolute Gasteiger partial charge is 0.163 e. The van der Waals surface area contributed by atoms with E-state index in [1.807, 2.05) is 16.6 Å². The van der Waals surface area contributed by atoms with E-state index in [-0.39, 0.29) is 11.9 Å². The number of hydrogen-bond acceptors (Lipinski definition) is 4. The molecule has 23 heavy (non-hydrogen) atoms. The zero-order valence-corrected chi connectivity index (χ0v) is 14.0. The minimum absolute atomic E-state index is 0.0326. The third-order valence-electron chi connectivity index (χ3n) is 4.65. The summed E-state index contributed by atoms with van der Waals surface area (Å²) in [6, 6.07) is 3.90. The van der Waals surface area contributed by atoms with Crippen LogP contribution in [0.25, 0.3) is 5.52 Å². The van der Waals surface area contributed by atoms with Gasteiger partial charge in [-0.2, -0.15) is 5.10 Å². The van der Waals surface area contributed by atoms with Gasteiger partial charge in [-0.25, -0.2) is 4.52 Å². The van der Waals surface area contributed by atoms with E-state index in [4.69, 9.17) is 4.74 Å². The highest BCUT2D eigenvalue weighted by molar-refractivity contribution is 7.85. The van der Waals surface area contributed by atoms with Gasteiger partial charge in [-0.15, -0.1) is 0 Å². The molecule has 2 aliphatic rings. The quantitative estimate of drug-likeness (QED) is 0.808. The van der Waals surface area contributed by atoms with Gasteiger partial charge in [0, 0.05) is 28.2 Å². The van der Waals surface area contributed by atoms with Gasteiger partial charge in [-0.05, 0) is 44.7 Å². The zero-order valence-electron chi connectivity index (χ0n) is 13.2. The van der Waals surface area contributed by atoms with Gasteiger partial charge in [0.2, 0.25) is 0 Å². The van der Waals surface area contributed by atoms with Crippen LogP contribution in [0, 0.1) is 0 Å². The molecule has 2 fully saturated rings. The lowest BCUT2D eigenvalue weighted by Gasteiger charge is -2.24. The van der Waals surface area contributed by atoms with E-state index in [1.54, 1.807) is 13.1 Å². The fourth-order valence-electron chi connectivity index (χ4n) is 3.23. The Morgan fingerprint density at radius 3 is 2.65 bits per heavy atom. The topological polar surface area (TPSA) is 60.7 Å². The Labute approximate surface area is 137 Å². The average Bonchev–Trinajstić information content (AvgIpc) is 3.27. The van der Waals surface area contributed by atoms with Crippen LogP contribution in [0.4, 0.5) is 0 Å². The Morgan fingerprint density at radius 1 is 1.26 bits per heavy atom. The molecule has 0 aromatic carbocycles. The van der Waals surface area contributed by atoms with E-state index in [2.05, 4.69) is 5.10 Å². The van der Waals surface area contributed by atoms with Crippen LogP contribution in [0.1, 0.15) is 54.6 Å². The van der Waals surface area contributed by atoms with Crippen molar-refractivity contribution in [3.63, 3.8) is 0 Å². The standard InChI is InChI=1S/C17H20N2O3S/c1-11(20)14-10-18-19-15(14)4-5-16(17(19)12-2-3-12)22-13-6-8-23(21)9-7-13/h4-5,10,12-13H,2-3,6-9H2,1H3. The molecule has 0 bridgehead atoms. The van der Waals surface area contributed by atoms with Gasteiger partial charge in [0.1, 0.15) is 11.9 Å². The van der Waals surface area contributed by atoms with Gasteiger partial charge < -0.3 is 4.74 Å². The lowest BCUT2D eigenvalue weighted by molar-refractivity contribution is 0.101. The van der Waals surface area contributed by atoms with E-state index >= 15 is 0 Å². The lowest BCUT2D eigenvalue weighted by atomic mass is 10.1. The third kappa shape index (κ3) is 2.80. The van der Waals surface area contributed by atoms with Crippen LogP contribution in [-0.4, -0.2) is 37.2 Å². The summed E-state index contributed by atoms with van der Waals surface area (Å²) in [6.07, 6.45) is 5.74. The molecule has 4 rings (SSSR count). The second kappa shape index (κ2) is 5.74. The number of carbonyl (C=O) groups excluding carboxylic acids is 1. The number of fused-ring (bicyclic) bond motifs is 1. The summed E-state index contributed by atoms with van der Waals surface area (Å²) in [5.41, 5.74) is 2.60. The molecule has 3 heterocycles. The van der Waals surface area contributed by atoms with Crippen molar-refractivity contribution in [1.29, 1.82) is 0 Å². The van der Waals surface area contributed by atoms with Crippen LogP contribution in [0.15, 0.2) is 18.3 Å². The first-order chi connectivity index (χ1) is 11.1. The molecule has 2 aromatic heterocycles. The SMILES string of the molecule is CC(=O)c1cnn2c(C3CC3)c(OC3CCS(=O)CC3)ccc12. The Kier molecular flexibility index (Phi) is 3.71. The van der Waals surface area contributed by atoms with Gasteiger partial charge >= 0.3 is 0 Å². The molecule has 1 aliphatic heterocycles. The van der Waals surface area contributed by atoms with Crippen LogP contribution in [0.3, 0.4) is 0 Å². The number of carbonyl (C=O) groups is 1. The number of Topliss-reactive ketones (excluding diaryl/α,β-unsaturated/α-hetero) is 1. The minimum atomic E-state index is -0.680. The summed E-state index contributed by atoms with van der Waals surface area (Å²) in [6.45, 7) is 1.57. The van der Waals surface area contributed by atoms with Crippen molar-refractivity contribution < 1.29 is 13.7 Å². The van der Waals surface area contributed by atoms with Crippen molar-refractivity contribution in [2.75, 3.05) is 11.5 Å². The first-order valence-electron chi connectivity index (χ1n) is 8.16. The highest BCUT2D eigenvalue weighted by atomic mass is 32.2. The lowest BCUT2D eigenvalue weighted by Crippen LogP contribution is -2.28. The largest absolute Gasteiger partial charge is 0.488 e. The highest BCUT2D eigenvalue weighted by Crippen LogP contribution is 2.45. The van der Waals surface area contributed by atoms with E-state index in [0.29, 0.717) is 11.5 Å². The van der Waals surface area contributed by atoms with Crippen molar-refractivity contribution in [1.82, 2.24) is 9.61 Å². The highest BCUT2D eigenvalue weighted by Gasteiger charge is 2.32. The summed E-state index contributed by atoms with van der Waals surface area (Å²) in [7, 11) is -0.680. The van der Waals surface area contributed by atoms with E-state index in [0.717, 1.165) is 54.1 Å². The average molecular weight is 332 g/mol. The molecule has 1 saturated heterocycles. The zero-order chi connectivity index (χ0) is 16.0. The molecule has 1 aliphatic carbocycles. The van der Waals surface area contributed by atoms with E-state index in [9.17, 15) is 9.00 Å². The fraction of sp³-hybridized carbons (Fsp3) is 0.529. The monoisotopic (exact) mass is 332 g/mol. The van der Waals surface area contributed by atoms with Crippen molar-refractivity contribution in [3.05, 3.63) is 29.6 Å². The number of nitrogens with zero attached hydrogens (tertiary/aromatic N) is 2. The third-order valence-corrected chi connectivity index (χ3v) is 6.03. The maximum Gasteiger partial charge on any atom is 0.163 e. The van der Waals surface area contributed by atoms with Crippen LogP contribution in [-0.2, 0) is 10.8 Å². The van der Waals surface area contributed by atoms with Crippen LogP contribution in [0.5, 0.6) is 5.75 Å². The van der Waals surface area contributed by atoms with Crippen molar-refractivity contribution >= 4 is 22.1 Å². The molecule has 122 valence electrons. The molecule has 0 N–H and O–H groups in total. The van der Waals surface area contributed by atoms with Crippen LogP contribution in [0.2, 0.25) is 0 Å². The molecule has 0 radical (unpaired) electrons. The molecule has 1 saturated carbocycles. The van der Waals surface area contributed by atoms with Crippen molar-refractivity contribution in [2.45, 2.75) is 44.6 Å². The van der Waals surface area contributed by atoms with Crippen LogP contribution < -0.4 is 4.74 Å². The molecule has 0 spiro atoms. The summed E-state index contributed by atoms with van der Waals surface area (Å²) in [4.78, 5) is 11.7. The molecule has 2 aromatic rings. The van der Waals surface area contributed by atoms with Gasteiger partial charge in [0.05, 0.1) is 23.0 Å². The van der Waals surface area contributed by atoms with E-state index < -0.39 is 10.8 Å². The van der Waals surface area contributed by atoms with Gasteiger partial charge in [-0.3, -0.25) is 9.00 Å². The Morgan fingerprint density at radius 2 is 2.00 bits per heavy atom. The molecular weight excluding hydrogens is 312 g/mol. The number of pyridine rings is 1. The Balaban J connectivity index is 1.70. The van der Waals surface area contributed by atoms with Gasteiger partial charge in [0.15, 0.2) is 5.78 Å². The van der Waals surface area contributed by atoms with Crippen molar-refractivity contribution in [3.8, 4) is 5.75 Å². The minimum Gasteiger partial charge on any atom is -0.488 e. The second-order valence-electron chi connectivity index (χ2n) is 6.43. The summed E-state index contributed by atoms with van der Waals surface area (Å²) in [5.74, 6) is 2.82. The molecule has 0 atom stereocenters. The molecule has 6 heteroatoms. The summed E-state index contributed by atoms with van der Waals surface area (Å²) in [5, 5.41) is 4.43. The molecule has 5 nitrogen and oxygen atoms in total. The molecule has 0 unspecified atom stereocenters. The van der Waals surface area contributed by atoms with Gasteiger partial charge in [0.25, 0.3) is 0 Å². The van der Waals surface area contributed by atoms with Crippen molar-refractivity contribution in [2.24, 2.45) is 0 Å². The molecule has 0 amide bonds. The van der Waals surface area contributed by atoms with E-state index in [1.165, 1.54) is 0 Å². The van der Waals surface area contributed by atoms with Gasteiger partial charge in [-0.1, -0.05) is 0 Å². The number of aromatic nitrogens is 2. The maximum atomic E-state index is 11.7. The Hall–Kier alpha value is -1.69. The number of hydrogen-bond donors (Lipinski definition) is 0. The summed E-state index contributed by atoms with van der Waals surface area (Å²) >= 11 is 0. The number of ether oxygens (including phenoxy) is 1. The predicted octanol–water partition coefficient (Wildman–Crippen LogP) is 2.70.